The first-order chi connectivity index (χ1) is 14.2. The quantitative estimate of drug-likeness (QED) is 0.668. The molecule has 150 valence electrons. The van der Waals surface area contributed by atoms with Crippen LogP contribution in [0.3, 0.4) is 0 Å². The van der Waals surface area contributed by atoms with Crippen molar-refractivity contribution in [2.45, 2.75) is 18.9 Å². The fourth-order valence-electron chi connectivity index (χ4n) is 3.67. The van der Waals surface area contributed by atoms with Gasteiger partial charge in [0.15, 0.2) is 5.82 Å². The third-order valence-corrected chi connectivity index (χ3v) is 5.36. The number of carbonyl (C=O) groups is 1. The van der Waals surface area contributed by atoms with Gasteiger partial charge in [0.25, 0.3) is 0 Å². The van der Waals surface area contributed by atoms with E-state index in [2.05, 4.69) is 45.3 Å². The molecule has 3 aromatic rings. The van der Waals surface area contributed by atoms with Crippen LogP contribution in [0.2, 0.25) is 0 Å². The average molecular weight is 391 g/mol. The standard InChI is InChI=1S/C22H25N5O2/c1-26-12-9-17(10-13-26)27-15-19(16-6-4-3-5-7-16)21(25-27)24-20-14-23-11-8-18(20)22(28)29-2/h3-8,11,14-15,17H,9-10,12-13H2,1-2H3,(H,24,25). The van der Waals surface area contributed by atoms with Gasteiger partial charge < -0.3 is 15.0 Å². The van der Waals surface area contributed by atoms with Gasteiger partial charge in [-0.2, -0.15) is 5.10 Å². The maximum atomic E-state index is 12.1. The number of aromatic nitrogens is 3. The fourth-order valence-corrected chi connectivity index (χ4v) is 3.67. The molecule has 1 aliphatic rings. The summed E-state index contributed by atoms with van der Waals surface area (Å²) in [6.07, 6.45) is 7.42. The zero-order valence-corrected chi connectivity index (χ0v) is 16.7. The lowest BCUT2D eigenvalue weighted by atomic mass is 10.1. The van der Waals surface area contributed by atoms with Crippen molar-refractivity contribution in [3.8, 4) is 11.1 Å². The summed E-state index contributed by atoms with van der Waals surface area (Å²) < 4.78 is 6.96. The van der Waals surface area contributed by atoms with Gasteiger partial charge in [0, 0.05) is 18.0 Å². The van der Waals surface area contributed by atoms with Crippen LogP contribution in [0, 0.1) is 0 Å². The fraction of sp³-hybridized carbons (Fsp3) is 0.318. The van der Waals surface area contributed by atoms with Gasteiger partial charge in [0.05, 0.1) is 30.6 Å². The molecule has 0 bridgehead atoms. The molecule has 0 atom stereocenters. The predicted molar refractivity (Wildman–Crippen MR) is 112 cm³/mol. The molecule has 2 aromatic heterocycles. The molecule has 1 fully saturated rings. The second-order valence-electron chi connectivity index (χ2n) is 7.31. The van der Waals surface area contributed by atoms with Crippen LogP contribution in [0.1, 0.15) is 29.2 Å². The van der Waals surface area contributed by atoms with Crippen LogP contribution in [0.25, 0.3) is 11.1 Å². The van der Waals surface area contributed by atoms with E-state index >= 15 is 0 Å². The molecule has 1 N–H and O–H groups in total. The van der Waals surface area contributed by atoms with E-state index in [-0.39, 0.29) is 0 Å². The number of hydrogen-bond acceptors (Lipinski definition) is 6. The molecular formula is C22H25N5O2. The molecule has 4 rings (SSSR count). The molecule has 1 aliphatic heterocycles. The summed E-state index contributed by atoms with van der Waals surface area (Å²) >= 11 is 0. The third kappa shape index (κ3) is 4.14. The molecule has 0 unspecified atom stereocenters. The molecule has 0 aliphatic carbocycles. The van der Waals surface area contributed by atoms with Gasteiger partial charge in [-0.15, -0.1) is 0 Å². The summed E-state index contributed by atoms with van der Waals surface area (Å²) in [5.41, 5.74) is 3.06. The molecule has 29 heavy (non-hydrogen) atoms. The monoisotopic (exact) mass is 391 g/mol. The Balaban J connectivity index is 1.71. The SMILES string of the molecule is COC(=O)c1ccncc1Nc1nn(C2CCN(C)CC2)cc1-c1ccccc1. The average Bonchev–Trinajstić information content (AvgIpc) is 3.18. The smallest absolute Gasteiger partial charge is 0.340 e. The van der Waals surface area contributed by atoms with Gasteiger partial charge >= 0.3 is 5.97 Å². The summed E-state index contributed by atoms with van der Waals surface area (Å²) in [5, 5.41) is 8.18. The Morgan fingerprint density at radius 1 is 1.17 bits per heavy atom. The van der Waals surface area contributed by atoms with E-state index in [0.29, 0.717) is 23.1 Å². The highest BCUT2D eigenvalue weighted by atomic mass is 16.5. The van der Waals surface area contributed by atoms with E-state index in [1.54, 1.807) is 18.5 Å². The van der Waals surface area contributed by atoms with Crippen molar-refractivity contribution in [1.82, 2.24) is 19.7 Å². The number of likely N-dealkylation sites (tertiary alicyclic amines) is 1. The van der Waals surface area contributed by atoms with E-state index in [0.717, 1.165) is 37.1 Å². The van der Waals surface area contributed by atoms with Crippen molar-refractivity contribution in [1.29, 1.82) is 0 Å². The van der Waals surface area contributed by atoms with Crippen molar-refractivity contribution in [3.63, 3.8) is 0 Å². The highest BCUT2D eigenvalue weighted by Gasteiger charge is 2.22. The number of piperidine rings is 1. The largest absolute Gasteiger partial charge is 0.465 e. The van der Waals surface area contributed by atoms with Gasteiger partial charge in [-0.3, -0.25) is 9.67 Å². The molecule has 1 aromatic carbocycles. The van der Waals surface area contributed by atoms with Crippen molar-refractivity contribution >= 4 is 17.5 Å². The number of anilines is 2. The first kappa shape index (κ1) is 19.1. The molecule has 1 saturated heterocycles. The Hall–Kier alpha value is -3.19. The van der Waals surface area contributed by atoms with E-state index in [1.807, 2.05) is 18.2 Å². The zero-order chi connectivity index (χ0) is 20.2. The lowest BCUT2D eigenvalue weighted by Crippen LogP contribution is -2.31. The van der Waals surface area contributed by atoms with Crippen molar-refractivity contribution in [2.24, 2.45) is 0 Å². The minimum atomic E-state index is -0.411. The molecular weight excluding hydrogens is 366 g/mol. The minimum Gasteiger partial charge on any atom is -0.465 e. The second kappa shape index (κ2) is 8.45. The minimum absolute atomic E-state index is 0.359. The summed E-state index contributed by atoms with van der Waals surface area (Å²) in [4.78, 5) is 18.6. The Bertz CT molecular complexity index is 978. The number of carbonyl (C=O) groups excluding carboxylic acids is 1. The molecule has 0 saturated carbocycles. The van der Waals surface area contributed by atoms with Crippen LogP contribution in [-0.4, -0.2) is 52.9 Å². The van der Waals surface area contributed by atoms with E-state index in [1.165, 1.54) is 7.11 Å². The van der Waals surface area contributed by atoms with Gasteiger partial charge in [0.2, 0.25) is 0 Å². The van der Waals surface area contributed by atoms with Crippen LogP contribution >= 0.6 is 0 Å². The van der Waals surface area contributed by atoms with Gasteiger partial charge in [-0.1, -0.05) is 30.3 Å². The number of nitrogens with one attached hydrogen (secondary N) is 1. The van der Waals surface area contributed by atoms with Crippen LogP contribution in [0.15, 0.2) is 55.0 Å². The Morgan fingerprint density at radius 3 is 2.66 bits per heavy atom. The second-order valence-corrected chi connectivity index (χ2v) is 7.31. The van der Waals surface area contributed by atoms with Crippen LogP contribution in [-0.2, 0) is 4.74 Å². The van der Waals surface area contributed by atoms with Crippen molar-refractivity contribution in [2.75, 3.05) is 32.6 Å². The summed E-state index contributed by atoms with van der Waals surface area (Å²) in [6.45, 7) is 2.12. The number of pyridine rings is 1. The predicted octanol–water partition coefficient (Wildman–Crippen LogP) is 3.74. The number of hydrogen-bond donors (Lipinski definition) is 1. The molecule has 0 radical (unpaired) electrons. The lowest BCUT2D eigenvalue weighted by molar-refractivity contribution is 0.0602. The molecule has 7 heteroatoms. The molecule has 0 amide bonds. The summed E-state index contributed by atoms with van der Waals surface area (Å²) in [6, 6.07) is 12.1. The number of benzene rings is 1. The number of esters is 1. The van der Waals surface area contributed by atoms with Gasteiger partial charge in [-0.05, 0) is 44.6 Å². The Morgan fingerprint density at radius 2 is 1.93 bits per heavy atom. The number of rotatable bonds is 5. The third-order valence-electron chi connectivity index (χ3n) is 5.36. The Kier molecular flexibility index (Phi) is 5.57. The zero-order valence-electron chi connectivity index (χ0n) is 16.7. The van der Waals surface area contributed by atoms with E-state index < -0.39 is 5.97 Å². The number of methoxy groups -OCH3 is 1. The van der Waals surface area contributed by atoms with Crippen LogP contribution in [0.4, 0.5) is 11.5 Å². The van der Waals surface area contributed by atoms with Crippen molar-refractivity contribution < 1.29 is 9.53 Å². The normalized spacial score (nSPS) is 15.2. The highest BCUT2D eigenvalue weighted by Crippen LogP contribution is 2.33. The first-order valence-corrected chi connectivity index (χ1v) is 9.78. The number of ether oxygens (including phenoxy) is 1. The van der Waals surface area contributed by atoms with E-state index in [4.69, 9.17) is 9.84 Å². The molecule has 3 heterocycles. The Labute approximate surface area is 170 Å². The molecule has 7 nitrogen and oxygen atoms in total. The van der Waals surface area contributed by atoms with Gasteiger partial charge in [0.1, 0.15) is 0 Å². The van der Waals surface area contributed by atoms with Crippen LogP contribution in [0.5, 0.6) is 0 Å². The summed E-state index contributed by atoms with van der Waals surface area (Å²) in [5.74, 6) is 0.291. The maximum absolute atomic E-state index is 12.1. The summed E-state index contributed by atoms with van der Waals surface area (Å²) in [7, 11) is 3.52. The van der Waals surface area contributed by atoms with Crippen molar-refractivity contribution in [3.05, 3.63) is 60.6 Å². The van der Waals surface area contributed by atoms with Crippen LogP contribution < -0.4 is 5.32 Å². The maximum Gasteiger partial charge on any atom is 0.340 e. The topological polar surface area (TPSA) is 72.3 Å². The number of nitrogens with zero attached hydrogens (tertiary/aromatic N) is 4. The van der Waals surface area contributed by atoms with E-state index in [9.17, 15) is 4.79 Å². The highest BCUT2D eigenvalue weighted by molar-refractivity contribution is 5.96. The lowest BCUT2D eigenvalue weighted by Gasteiger charge is -2.28. The molecule has 0 spiro atoms. The van der Waals surface area contributed by atoms with Gasteiger partial charge in [-0.25, -0.2) is 4.79 Å². The first-order valence-electron chi connectivity index (χ1n) is 9.78.